The number of carbonyl (C=O) groups is 2. The average molecular weight is 173 g/mol. The first-order valence-electron chi connectivity index (χ1n) is 3.48. The minimum Gasteiger partial charge on any atom is -0.389 e. The van der Waals surface area contributed by atoms with E-state index in [-0.39, 0.29) is 12.5 Å². The molecule has 12 heavy (non-hydrogen) atoms. The molecule has 0 saturated carbocycles. The maximum Gasteiger partial charge on any atom is 0.422 e. The molecule has 0 amide bonds. The summed E-state index contributed by atoms with van der Waals surface area (Å²) in [6.45, 7) is 0.595. The molecule has 2 N–H and O–H groups in total. The van der Waals surface area contributed by atoms with Crippen LogP contribution in [0, 0.1) is 5.92 Å². The molecule has 0 aromatic heterocycles. The van der Waals surface area contributed by atoms with Crippen molar-refractivity contribution in [2.45, 2.75) is 5.97 Å². The van der Waals surface area contributed by atoms with Gasteiger partial charge in [-0.05, 0) is 0 Å². The minimum atomic E-state index is -1.50. The zero-order valence-corrected chi connectivity index (χ0v) is 6.11. The van der Waals surface area contributed by atoms with E-state index in [2.05, 4.69) is 9.47 Å². The van der Waals surface area contributed by atoms with Crippen molar-refractivity contribution in [3.05, 3.63) is 0 Å². The van der Waals surface area contributed by atoms with E-state index in [1.54, 1.807) is 0 Å². The molecule has 1 spiro atoms. The van der Waals surface area contributed by atoms with Crippen LogP contribution in [0.1, 0.15) is 0 Å². The Balaban J connectivity index is 2.15. The summed E-state index contributed by atoms with van der Waals surface area (Å²) in [4.78, 5) is 21.3. The number of rotatable bonds is 1. The maximum atomic E-state index is 10.6. The lowest BCUT2D eigenvalue weighted by molar-refractivity contribution is -0.412. The molecule has 0 aromatic rings. The summed E-state index contributed by atoms with van der Waals surface area (Å²) >= 11 is 0. The molecular formula is C6H7NO5. The van der Waals surface area contributed by atoms with Gasteiger partial charge in [-0.2, -0.15) is 0 Å². The maximum absolute atomic E-state index is 10.6. The molecule has 2 rings (SSSR count). The first-order chi connectivity index (χ1) is 5.68. The van der Waals surface area contributed by atoms with Crippen molar-refractivity contribution in [1.82, 2.24) is 0 Å². The van der Waals surface area contributed by atoms with Crippen LogP contribution in [-0.2, 0) is 23.8 Å². The molecule has 2 aliphatic rings. The Labute approximate surface area is 67.6 Å². The van der Waals surface area contributed by atoms with Crippen LogP contribution >= 0.6 is 0 Å². The van der Waals surface area contributed by atoms with Crippen molar-refractivity contribution >= 4 is 11.9 Å². The van der Waals surface area contributed by atoms with Gasteiger partial charge in [0.05, 0.1) is 6.61 Å². The molecule has 0 radical (unpaired) electrons. The monoisotopic (exact) mass is 173 g/mol. The highest BCUT2D eigenvalue weighted by Gasteiger charge is 2.61. The van der Waals surface area contributed by atoms with Crippen molar-refractivity contribution < 1.29 is 23.8 Å². The third kappa shape index (κ3) is 0.759. The SMILES string of the molecule is NCC1COC12OC(=O)C(=O)O2. The smallest absolute Gasteiger partial charge is 0.389 e. The van der Waals surface area contributed by atoms with Gasteiger partial charge in [-0.15, -0.1) is 0 Å². The number of esters is 2. The van der Waals surface area contributed by atoms with Crippen molar-refractivity contribution in [1.29, 1.82) is 0 Å². The Hall–Kier alpha value is -1.14. The molecular weight excluding hydrogens is 166 g/mol. The van der Waals surface area contributed by atoms with Gasteiger partial charge in [0.1, 0.15) is 5.92 Å². The van der Waals surface area contributed by atoms with E-state index >= 15 is 0 Å². The molecule has 0 bridgehead atoms. The molecule has 0 aromatic carbocycles. The molecule has 6 nitrogen and oxygen atoms in total. The predicted octanol–water partition coefficient (Wildman–Crippen LogP) is -1.65. The molecule has 0 aliphatic carbocycles. The van der Waals surface area contributed by atoms with Crippen LogP contribution < -0.4 is 5.73 Å². The van der Waals surface area contributed by atoms with Crippen molar-refractivity contribution in [2.24, 2.45) is 11.7 Å². The summed E-state index contributed by atoms with van der Waals surface area (Å²) < 4.78 is 14.0. The summed E-state index contributed by atoms with van der Waals surface area (Å²) in [6.07, 6.45) is 0. The van der Waals surface area contributed by atoms with Crippen LogP contribution in [0.25, 0.3) is 0 Å². The van der Waals surface area contributed by atoms with Gasteiger partial charge in [-0.3, -0.25) is 0 Å². The first-order valence-corrected chi connectivity index (χ1v) is 3.48. The van der Waals surface area contributed by atoms with Gasteiger partial charge < -0.3 is 19.9 Å². The second kappa shape index (κ2) is 2.18. The molecule has 2 fully saturated rings. The Morgan fingerprint density at radius 2 is 2.00 bits per heavy atom. The van der Waals surface area contributed by atoms with Gasteiger partial charge in [-0.25, -0.2) is 9.59 Å². The molecule has 2 aliphatic heterocycles. The van der Waals surface area contributed by atoms with Crippen molar-refractivity contribution in [3.8, 4) is 0 Å². The van der Waals surface area contributed by atoms with Crippen molar-refractivity contribution in [3.63, 3.8) is 0 Å². The van der Waals surface area contributed by atoms with Gasteiger partial charge in [0.2, 0.25) is 0 Å². The van der Waals surface area contributed by atoms with Gasteiger partial charge in [0.25, 0.3) is 0 Å². The Kier molecular flexibility index (Phi) is 1.36. The fourth-order valence-electron chi connectivity index (χ4n) is 1.14. The highest BCUT2D eigenvalue weighted by Crippen LogP contribution is 2.38. The molecule has 66 valence electrons. The standard InChI is InChI=1S/C6H7NO5/c7-1-3-2-10-6(3)11-4(8)5(9)12-6/h3H,1-2,7H2. The van der Waals surface area contributed by atoms with Gasteiger partial charge in [0, 0.05) is 6.54 Å². The summed E-state index contributed by atoms with van der Waals surface area (Å²) in [6, 6.07) is 0. The highest BCUT2D eigenvalue weighted by atomic mass is 16.9. The largest absolute Gasteiger partial charge is 0.422 e. The summed E-state index contributed by atoms with van der Waals surface area (Å²) in [5.41, 5.74) is 5.32. The molecule has 2 saturated heterocycles. The van der Waals surface area contributed by atoms with Crippen molar-refractivity contribution in [2.75, 3.05) is 13.2 Å². The first kappa shape index (κ1) is 7.51. The lowest BCUT2D eigenvalue weighted by atomic mass is 10.0. The summed E-state index contributed by atoms with van der Waals surface area (Å²) in [5.74, 6) is -3.78. The number of hydrogen-bond donors (Lipinski definition) is 1. The lowest BCUT2D eigenvalue weighted by Gasteiger charge is -2.40. The van der Waals surface area contributed by atoms with Gasteiger partial charge in [0.15, 0.2) is 0 Å². The number of hydrogen-bond acceptors (Lipinski definition) is 6. The van der Waals surface area contributed by atoms with E-state index in [0.717, 1.165) is 0 Å². The topological polar surface area (TPSA) is 87.9 Å². The number of carbonyl (C=O) groups excluding carboxylic acids is 2. The Morgan fingerprint density at radius 3 is 2.33 bits per heavy atom. The zero-order valence-electron chi connectivity index (χ0n) is 6.11. The van der Waals surface area contributed by atoms with E-state index in [0.29, 0.717) is 6.61 Å². The Bertz CT molecular complexity index is 232. The third-order valence-electron chi connectivity index (χ3n) is 1.91. The van der Waals surface area contributed by atoms with E-state index < -0.39 is 17.9 Å². The molecule has 6 heteroatoms. The predicted molar refractivity (Wildman–Crippen MR) is 33.4 cm³/mol. The fourth-order valence-corrected chi connectivity index (χ4v) is 1.14. The van der Waals surface area contributed by atoms with Gasteiger partial charge in [-0.1, -0.05) is 0 Å². The minimum absolute atomic E-state index is 0.243. The van der Waals surface area contributed by atoms with Crippen LogP contribution in [0.15, 0.2) is 0 Å². The quantitative estimate of drug-likeness (QED) is 0.377. The number of nitrogens with two attached hydrogens (primary N) is 1. The van der Waals surface area contributed by atoms with E-state index in [1.807, 2.05) is 0 Å². The average Bonchev–Trinajstić information content (AvgIpc) is 2.30. The summed E-state index contributed by atoms with van der Waals surface area (Å²) in [5, 5.41) is 0. The van der Waals surface area contributed by atoms with Crippen LogP contribution in [0.5, 0.6) is 0 Å². The summed E-state index contributed by atoms with van der Waals surface area (Å²) in [7, 11) is 0. The number of ether oxygens (including phenoxy) is 3. The second-order valence-electron chi connectivity index (χ2n) is 2.63. The van der Waals surface area contributed by atoms with Crippen LogP contribution in [-0.4, -0.2) is 31.1 Å². The van der Waals surface area contributed by atoms with Crippen LogP contribution in [0.3, 0.4) is 0 Å². The Morgan fingerprint density at radius 1 is 1.42 bits per heavy atom. The highest BCUT2D eigenvalue weighted by molar-refractivity contribution is 6.31. The third-order valence-corrected chi connectivity index (χ3v) is 1.91. The lowest BCUT2D eigenvalue weighted by Crippen LogP contribution is -2.57. The normalized spacial score (nSPS) is 31.2. The van der Waals surface area contributed by atoms with E-state index in [4.69, 9.17) is 10.5 Å². The second-order valence-corrected chi connectivity index (χ2v) is 2.63. The van der Waals surface area contributed by atoms with E-state index in [1.165, 1.54) is 0 Å². The van der Waals surface area contributed by atoms with Crippen LogP contribution in [0.2, 0.25) is 0 Å². The van der Waals surface area contributed by atoms with Crippen LogP contribution in [0.4, 0.5) is 0 Å². The zero-order chi connectivity index (χ0) is 8.77. The van der Waals surface area contributed by atoms with Gasteiger partial charge >= 0.3 is 17.9 Å². The molecule has 2 heterocycles. The van der Waals surface area contributed by atoms with E-state index in [9.17, 15) is 9.59 Å². The molecule has 1 unspecified atom stereocenters. The fraction of sp³-hybridized carbons (Fsp3) is 0.667. The molecule has 1 atom stereocenters.